The Morgan fingerprint density at radius 2 is 2.35 bits per heavy atom. The molecule has 3 heterocycles. The van der Waals surface area contributed by atoms with Crippen LogP contribution in [0.25, 0.3) is 4.96 Å². The summed E-state index contributed by atoms with van der Waals surface area (Å²) >= 11 is 1.66. The van der Waals surface area contributed by atoms with Crippen LogP contribution in [0.15, 0.2) is 0 Å². The van der Waals surface area contributed by atoms with Crippen molar-refractivity contribution in [1.82, 2.24) is 25.1 Å². The van der Waals surface area contributed by atoms with Crippen LogP contribution in [-0.2, 0) is 6.42 Å². The van der Waals surface area contributed by atoms with E-state index in [1.165, 1.54) is 12.8 Å². The first-order valence-electron chi connectivity index (χ1n) is 6.18. The summed E-state index contributed by atoms with van der Waals surface area (Å²) in [6.07, 6.45) is 3.56. The van der Waals surface area contributed by atoms with Gasteiger partial charge in [0.1, 0.15) is 5.01 Å². The molecule has 17 heavy (non-hydrogen) atoms. The number of aromatic nitrogens is 4. The lowest BCUT2D eigenvalue weighted by Crippen LogP contribution is -2.23. The molecule has 3 rings (SSSR count). The predicted octanol–water partition coefficient (Wildman–Crippen LogP) is 1.60. The Morgan fingerprint density at radius 3 is 3.06 bits per heavy atom. The van der Waals surface area contributed by atoms with Crippen LogP contribution in [-0.4, -0.2) is 32.4 Å². The zero-order valence-electron chi connectivity index (χ0n) is 10.2. The number of rotatable bonds is 3. The topological polar surface area (TPSA) is 55.1 Å². The Hall–Kier alpha value is -1.01. The molecule has 0 saturated carbocycles. The second-order valence-electron chi connectivity index (χ2n) is 4.90. The van der Waals surface area contributed by atoms with E-state index in [1.807, 2.05) is 4.52 Å². The van der Waals surface area contributed by atoms with Gasteiger partial charge in [-0.15, -0.1) is 10.2 Å². The van der Waals surface area contributed by atoms with Crippen LogP contribution < -0.4 is 5.32 Å². The maximum Gasteiger partial charge on any atom is 0.234 e. The van der Waals surface area contributed by atoms with Crippen LogP contribution in [0.3, 0.4) is 0 Å². The van der Waals surface area contributed by atoms with Gasteiger partial charge in [-0.1, -0.05) is 25.2 Å². The van der Waals surface area contributed by atoms with E-state index in [2.05, 4.69) is 34.5 Å². The zero-order valence-corrected chi connectivity index (χ0v) is 11.0. The maximum absolute atomic E-state index is 4.63. The first-order chi connectivity index (χ1) is 8.24. The Kier molecular flexibility index (Phi) is 2.84. The monoisotopic (exact) mass is 251 g/mol. The fourth-order valence-electron chi connectivity index (χ4n) is 2.26. The highest BCUT2D eigenvalue weighted by Gasteiger charge is 2.19. The molecule has 0 bridgehead atoms. The summed E-state index contributed by atoms with van der Waals surface area (Å²) in [7, 11) is 0. The molecule has 92 valence electrons. The fourth-order valence-corrected chi connectivity index (χ4v) is 3.18. The summed E-state index contributed by atoms with van der Waals surface area (Å²) in [6.45, 7) is 5.38. The average molecular weight is 251 g/mol. The third-order valence-corrected chi connectivity index (χ3v) is 4.08. The molecular formula is C11H17N5S. The highest BCUT2D eigenvalue weighted by atomic mass is 32.1. The Labute approximate surface area is 104 Å². The molecular weight excluding hydrogens is 234 g/mol. The summed E-state index contributed by atoms with van der Waals surface area (Å²) in [4.78, 5) is 0.918. The smallest absolute Gasteiger partial charge is 0.234 e. The SMILES string of the molecule is CC(C)c1nnc2sc(CC3CCCN3)nn12. The van der Waals surface area contributed by atoms with Crippen molar-refractivity contribution in [3.8, 4) is 0 Å². The molecule has 1 fully saturated rings. The quantitative estimate of drug-likeness (QED) is 0.900. The predicted molar refractivity (Wildman–Crippen MR) is 67.5 cm³/mol. The lowest BCUT2D eigenvalue weighted by molar-refractivity contribution is 0.594. The van der Waals surface area contributed by atoms with E-state index < -0.39 is 0 Å². The van der Waals surface area contributed by atoms with Gasteiger partial charge in [0.2, 0.25) is 4.96 Å². The van der Waals surface area contributed by atoms with E-state index in [4.69, 9.17) is 0 Å². The number of hydrogen-bond acceptors (Lipinski definition) is 5. The molecule has 1 saturated heterocycles. The van der Waals surface area contributed by atoms with Crippen molar-refractivity contribution < 1.29 is 0 Å². The van der Waals surface area contributed by atoms with Gasteiger partial charge in [0.15, 0.2) is 5.82 Å². The summed E-state index contributed by atoms with van der Waals surface area (Å²) in [5.41, 5.74) is 0. The molecule has 0 amide bonds. The summed E-state index contributed by atoms with van der Waals surface area (Å²) < 4.78 is 1.90. The molecule has 0 aliphatic carbocycles. The minimum absolute atomic E-state index is 0.365. The van der Waals surface area contributed by atoms with Crippen LogP contribution in [0.4, 0.5) is 0 Å². The largest absolute Gasteiger partial charge is 0.314 e. The van der Waals surface area contributed by atoms with Gasteiger partial charge in [-0.05, 0) is 19.4 Å². The number of fused-ring (bicyclic) bond motifs is 1. The molecule has 0 aromatic carbocycles. The minimum Gasteiger partial charge on any atom is -0.314 e. The second kappa shape index (κ2) is 4.34. The molecule has 0 radical (unpaired) electrons. The van der Waals surface area contributed by atoms with Crippen LogP contribution in [0.1, 0.15) is 43.4 Å². The average Bonchev–Trinajstić information content (AvgIpc) is 2.92. The van der Waals surface area contributed by atoms with Crippen LogP contribution in [0, 0.1) is 0 Å². The van der Waals surface area contributed by atoms with Gasteiger partial charge < -0.3 is 5.32 Å². The first kappa shape index (κ1) is 11.1. The maximum atomic E-state index is 4.63. The van der Waals surface area contributed by atoms with E-state index >= 15 is 0 Å². The van der Waals surface area contributed by atoms with Gasteiger partial charge in [-0.25, -0.2) is 0 Å². The molecule has 2 aromatic rings. The molecule has 6 heteroatoms. The molecule has 1 atom stereocenters. The number of nitrogens with zero attached hydrogens (tertiary/aromatic N) is 4. The summed E-state index contributed by atoms with van der Waals surface area (Å²) in [5.74, 6) is 1.33. The molecule has 2 aromatic heterocycles. The van der Waals surface area contributed by atoms with E-state index in [9.17, 15) is 0 Å². The Balaban J connectivity index is 1.86. The van der Waals surface area contributed by atoms with E-state index in [-0.39, 0.29) is 0 Å². The van der Waals surface area contributed by atoms with E-state index in [1.54, 1.807) is 11.3 Å². The van der Waals surface area contributed by atoms with Crippen molar-refractivity contribution in [2.24, 2.45) is 0 Å². The third kappa shape index (κ3) is 2.07. The van der Waals surface area contributed by atoms with Crippen molar-refractivity contribution >= 4 is 16.3 Å². The highest BCUT2D eigenvalue weighted by Crippen LogP contribution is 2.20. The fraction of sp³-hybridized carbons (Fsp3) is 0.727. The normalized spacial score (nSPS) is 20.8. The van der Waals surface area contributed by atoms with Crippen molar-refractivity contribution in [1.29, 1.82) is 0 Å². The van der Waals surface area contributed by atoms with Gasteiger partial charge in [0, 0.05) is 18.4 Å². The molecule has 5 nitrogen and oxygen atoms in total. The Morgan fingerprint density at radius 1 is 1.47 bits per heavy atom. The molecule has 0 spiro atoms. The van der Waals surface area contributed by atoms with E-state index in [0.717, 1.165) is 28.8 Å². The van der Waals surface area contributed by atoms with Crippen molar-refractivity contribution in [2.45, 2.75) is 45.1 Å². The second-order valence-corrected chi connectivity index (χ2v) is 5.94. The van der Waals surface area contributed by atoms with Gasteiger partial charge in [0.25, 0.3) is 0 Å². The summed E-state index contributed by atoms with van der Waals surface area (Å²) in [6, 6.07) is 0.598. The Bertz CT molecular complexity index is 509. The zero-order chi connectivity index (χ0) is 11.8. The molecule has 1 unspecified atom stereocenters. The number of hydrogen-bond donors (Lipinski definition) is 1. The van der Waals surface area contributed by atoms with E-state index in [0.29, 0.717) is 12.0 Å². The highest BCUT2D eigenvalue weighted by molar-refractivity contribution is 7.16. The van der Waals surface area contributed by atoms with Crippen molar-refractivity contribution in [3.63, 3.8) is 0 Å². The lowest BCUT2D eigenvalue weighted by atomic mass is 10.2. The van der Waals surface area contributed by atoms with Gasteiger partial charge >= 0.3 is 0 Å². The molecule has 1 N–H and O–H groups in total. The van der Waals surface area contributed by atoms with Gasteiger partial charge in [-0.3, -0.25) is 0 Å². The minimum atomic E-state index is 0.365. The number of nitrogens with one attached hydrogen (secondary N) is 1. The van der Waals surface area contributed by atoms with Crippen LogP contribution in [0.2, 0.25) is 0 Å². The lowest BCUT2D eigenvalue weighted by Gasteiger charge is -2.05. The van der Waals surface area contributed by atoms with Gasteiger partial charge in [0.05, 0.1) is 0 Å². The van der Waals surface area contributed by atoms with Crippen LogP contribution >= 0.6 is 11.3 Å². The van der Waals surface area contributed by atoms with Gasteiger partial charge in [-0.2, -0.15) is 9.61 Å². The van der Waals surface area contributed by atoms with Crippen molar-refractivity contribution in [3.05, 3.63) is 10.8 Å². The first-order valence-corrected chi connectivity index (χ1v) is 7.00. The molecule has 1 aliphatic heterocycles. The van der Waals surface area contributed by atoms with Crippen molar-refractivity contribution in [2.75, 3.05) is 6.54 Å². The van der Waals surface area contributed by atoms with Crippen LogP contribution in [0.5, 0.6) is 0 Å². The standard InChI is InChI=1S/C11H17N5S/c1-7(2)10-13-14-11-16(10)15-9(17-11)6-8-4-3-5-12-8/h7-8,12H,3-6H2,1-2H3. The summed E-state index contributed by atoms with van der Waals surface area (Å²) in [5, 5.41) is 17.6. The third-order valence-electron chi connectivity index (χ3n) is 3.16. The molecule has 1 aliphatic rings.